The highest BCUT2D eigenvalue weighted by Gasteiger charge is 2.41. The predicted molar refractivity (Wildman–Crippen MR) is 107 cm³/mol. The number of benzene rings is 1. The van der Waals surface area contributed by atoms with Gasteiger partial charge in [-0.2, -0.15) is 4.31 Å². The summed E-state index contributed by atoms with van der Waals surface area (Å²) in [5.41, 5.74) is 1.45. The van der Waals surface area contributed by atoms with Crippen molar-refractivity contribution in [2.45, 2.75) is 37.1 Å². The van der Waals surface area contributed by atoms with Crippen molar-refractivity contribution >= 4 is 15.9 Å². The van der Waals surface area contributed by atoms with Crippen LogP contribution in [0, 0.1) is 11.8 Å². The zero-order valence-electron chi connectivity index (χ0n) is 16.3. The van der Waals surface area contributed by atoms with Gasteiger partial charge in [0.15, 0.2) is 0 Å². The van der Waals surface area contributed by atoms with Gasteiger partial charge in [0.25, 0.3) is 5.91 Å². The summed E-state index contributed by atoms with van der Waals surface area (Å²) in [4.78, 5) is 13.2. The molecule has 1 aromatic carbocycles. The highest BCUT2D eigenvalue weighted by molar-refractivity contribution is 7.89. The first kappa shape index (κ1) is 19.2. The quantitative estimate of drug-likeness (QED) is 0.809. The summed E-state index contributed by atoms with van der Waals surface area (Å²) in [5, 5.41) is 3.15. The van der Waals surface area contributed by atoms with Gasteiger partial charge in [-0.3, -0.25) is 4.79 Å². The van der Waals surface area contributed by atoms with Crippen molar-refractivity contribution in [2.75, 3.05) is 13.1 Å². The summed E-state index contributed by atoms with van der Waals surface area (Å²) in [7, 11) is -1.82. The van der Waals surface area contributed by atoms with E-state index in [1.807, 2.05) is 30.3 Å². The Balaban J connectivity index is 1.57. The Kier molecular flexibility index (Phi) is 5.05. The summed E-state index contributed by atoms with van der Waals surface area (Å²) in [6, 6.07) is 11.4. The Morgan fingerprint density at radius 1 is 1.18 bits per heavy atom. The molecule has 0 radical (unpaired) electrons. The van der Waals surface area contributed by atoms with Crippen LogP contribution in [-0.2, 0) is 17.1 Å². The highest BCUT2D eigenvalue weighted by atomic mass is 32.2. The van der Waals surface area contributed by atoms with E-state index >= 15 is 0 Å². The van der Waals surface area contributed by atoms with E-state index in [-0.39, 0.29) is 16.8 Å². The molecule has 0 bridgehead atoms. The molecule has 7 heteroatoms. The molecule has 1 N–H and O–H groups in total. The molecule has 3 atom stereocenters. The number of carbonyl (C=O) groups is 1. The first-order chi connectivity index (χ1) is 13.4. The monoisotopic (exact) mass is 401 g/mol. The molecule has 3 unspecified atom stereocenters. The van der Waals surface area contributed by atoms with Crippen LogP contribution < -0.4 is 5.32 Å². The van der Waals surface area contributed by atoms with E-state index in [2.05, 4.69) is 12.2 Å². The molecule has 4 rings (SSSR count). The molecule has 0 spiro atoms. The average Bonchev–Trinajstić information content (AvgIpc) is 3.08. The molecule has 1 amide bonds. The van der Waals surface area contributed by atoms with Crippen LogP contribution in [0.25, 0.3) is 0 Å². The molecule has 1 saturated carbocycles. The fourth-order valence-electron chi connectivity index (χ4n) is 4.11. The van der Waals surface area contributed by atoms with Crippen molar-refractivity contribution in [3.05, 3.63) is 53.9 Å². The van der Waals surface area contributed by atoms with E-state index in [1.54, 1.807) is 17.8 Å². The van der Waals surface area contributed by atoms with Crippen molar-refractivity contribution in [3.8, 4) is 0 Å². The molecule has 1 aliphatic heterocycles. The smallest absolute Gasteiger partial charge is 0.268 e. The maximum absolute atomic E-state index is 13.0. The lowest BCUT2D eigenvalue weighted by Gasteiger charge is -2.19. The third kappa shape index (κ3) is 3.61. The second-order valence-corrected chi connectivity index (χ2v) is 9.96. The number of hydrogen-bond acceptors (Lipinski definition) is 3. The first-order valence-electron chi connectivity index (χ1n) is 9.90. The molecular formula is C21H27N3O3S. The minimum Gasteiger partial charge on any atom is -0.345 e. The summed E-state index contributed by atoms with van der Waals surface area (Å²) < 4.78 is 28.7. The molecule has 150 valence electrons. The normalized spacial score (nSPS) is 23.5. The number of rotatable bonds is 6. The number of carbonyl (C=O) groups excluding carboxylic acids is 1. The highest BCUT2D eigenvalue weighted by Crippen LogP contribution is 2.47. The fraction of sp³-hybridized carbons (Fsp3) is 0.476. The number of aryl methyl sites for hydroxylation is 1. The number of nitrogens with zero attached hydrogens (tertiary/aromatic N) is 2. The van der Waals surface area contributed by atoms with Crippen LogP contribution in [-0.4, -0.2) is 36.3 Å². The number of hydrogen-bond donors (Lipinski definition) is 1. The summed E-state index contributed by atoms with van der Waals surface area (Å²) in [6.07, 6.45) is 4.40. The molecule has 1 saturated heterocycles. The third-order valence-electron chi connectivity index (χ3n) is 5.96. The zero-order chi connectivity index (χ0) is 19.9. The van der Waals surface area contributed by atoms with Crippen molar-refractivity contribution < 1.29 is 13.2 Å². The number of sulfonamides is 1. The molecule has 2 fully saturated rings. The fourth-order valence-corrected chi connectivity index (χ4v) is 5.70. The molecule has 2 aliphatic rings. The molecule has 1 aliphatic carbocycles. The predicted octanol–water partition coefficient (Wildman–Crippen LogP) is 2.94. The first-order valence-corrected chi connectivity index (χ1v) is 11.3. The Bertz CT molecular complexity index is 962. The van der Waals surface area contributed by atoms with Gasteiger partial charge in [0, 0.05) is 26.3 Å². The van der Waals surface area contributed by atoms with Gasteiger partial charge in [0.1, 0.15) is 10.6 Å². The minimum atomic E-state index is -3.53. The lowest BCUT2D eigenvalue weighted by Crippen LogP contribution is -2.31. The topological polar surface area (TPSA) is 71.4 Å². The Morgan fingerprint density at radius 3 is 2.43 bits per heavy atom. The van der Waals surface area contributed by atoms with E-state index in [0.29, 0.717) is 30.6 Å². The number of aromatic nitrogens is 1. The van der Waals surface area contributed by atoms with Crippen molar-refractivity contribution in [1.29, 1.82) is 0 Å². The second kappa shape index (κ2) is 7.37. The van der Waals surface area contributed by atoms with Crippen LogP contribution in [0.5, 0.6) is 0 Å². The van der Waals surface area contributed by atoms with E-state index < -0.39 is 10.0 Å². The van der Waals surface area contributed by atoms with Gasteiger partial charge < -0.3 is 9.88 Å². The van der Waals surface area contributed by atoms with Crippen molar-refractivity contribution in [1.82, 2.24) is 14.2 Å². The van der Waals surface area contributed by atoms with Crippen LogP contribution in [0.2, 0.25) is 0 Å². The SMILES string of the molecule is CC1CC1C(NC(=O)c1cc(S(=O)(=O)N2CCCC2)cn1C)c1ccccc1. The summed E-state index contributed by atoms with van der Waals surface area (Å²) in [5.74, 6) is 0.753. The van der Waals surface area contributed by atoms with Gasteiger partial charge in [-0.1, -0.05) is 37.3 Å². The van der Waals surface area contributed by atoms with Crippen LogP contribution in [0.1, 0.15) is 48.3 Å². The molecular weight excluding hydrogens is 374 g/mol. The molecule has 2 heterocycles. The lowest BCUT2D eigenvalue weighted by atomic mass is 10.0. The maximum atomic E-state index is 13.0. The third-order valence-corrected chi connectivity index (χ3v) is 7.82. The number of amides is 1. The van der Waals surface area contributed by atoms with Crippen LogP contribution in [0.3, 0.4) is 0 Å². The van der Waals surface area contributed by atoms with Crippen molar-refractivity contribution in [3.63, 3.8) is 0 Å². The standard InChI is InChI=1S/C21H27N3O3S/c1-15-12-18(15)20(16-8-4-3-5-9-16)22-21(25)19-13-17(14-23(19)2)28(26,27)24-10-6-7-11-24/h3-5,8-9,13-15,18,20H,6-7,10-12H2,1-2H3,(H,22,25). The van der Waals surface area contributed by atoms with Gasteiger partial charge in [-0.05, 0) is 42.7 Å². The van der Waals surface area contributed by atoms with Crippen molar-refractivity contribution in [2.24, 2.45) is 18.9 Å². The zero-order valence-corrected chi connectivity index (χ0v) is 17.2. The second-order valence-electron chi connectivity index (χ2n) is 8.02. The Hall–Kier alpha value is -2.12. The number of nitrogens with one attached hydrogen (secondary N) is 1. The van der Waals surface area contributed by atoms with Gasteiger partial charge >= 0.3 is 0 Å². The van der Waals surface area contributed by atoms with Crippen LogP contribution in [0.15, 0.2) is 47.5 Å². The van der Waals surface area contributed by atoms with Crippen LogP contribution >= 0.6 is 0 Å². The molecule has 2 aromatic rings. The van der Waals surface area contributed by atoms with E-state index in [4.69, 9.17) is 0 Å². The largest absolute Gasteiger partial charge is 0.345 e. The molecule has 28 heavy (non-hydrogen) atoms. The summed E-state index contributed by atoms with van der Waals surface area (Å²) in [6.45, 7) is 3.29. The molecule has 1 aromatic heterocycles. The molecule has 6 nitrogen and oxygen atoms in total. The van der Waals surface area contributed by atoms with Gasteiger partial charge in [-0.15, -0.1) is 0 Å². The van der Waals surface area contributed by atoms with E-state index in [0.717, 1.165) is 24.8 Å². The Labute approximate surface area is 166 Å². The van der Waals surface area contributed by atoms with Gasteiger partial charge in [-0.25, -0.2) is 8.42 Å². The minimum absolute atomic E-state index is 0.0581. The van der Waals surface area contributed by atoms with E-state index in [1.165, 1.54) is 10.4 Å². The average molecular weight is 402 g/mol. The lowest BCUT2D eigenvalue weighted by molar-refractivity contribution is 0.0922. The maximum Gasteiger partial charge on any atom is 0.268 e. The Morgan fingerprint density at radius 2 is 1.82 bits per heavy atom. The van der Waals surface area contributed by atoms with Gasteiger partial charge in [0.2, 0.25) is 10.0 Å². The van der Waals surface area contributed by atoms with Crippen LogP contribution in [0.4, 0.5) is 0 Å². The van der Waals surface area contributed by atoms with E-state index in [9.17, 15) is 13.2 Å². The van der Waals surface area contributed by atoms with Gasteiger partial charge in [0.05, 0.1) is 6.04 Å². The summed E-state index contributed by atoms with van der Waals surface area (Å²) >= 11 is 0.